The maximum atomic E-state index is 13.0. The van der Waals surface area contributed by atoms with Gasteiger partial charge in [-0.1, -0.05) is 48.5 Å². The van der Waals surface area contributed by atoms with Gasteiger partial charge in [-0.15, -0.1) is 0 Å². The lowest BCUT2D eigenvalue weighted by Gasteiger charge is -2.36. The molecule has 1 fully saturated rings. The first-order chi connectivity index (χ1) is 9.11. The summed E-state index contributed by atoms with van der Waals surface area (Å²) >= 11 is 3.34. The zero-order valence-electron chi connectivity index (χ0n) is 11.8. The Morgan fingerprint density at radius 3 is 2.37 bits per heavy atom. The molecule has 0 spiro atoms. The lowest BCUT2D eigenvalue weighted by Crippen LogP contribution is -2.25. The Morgan fingerprint density at radius 2 is 1.79 bits per heavy atom. The van der Waals surface area contributed by atoms with Crippen LogP contribution in [0, 0.1) is 17.8 Å². The summed E-state index contributed by atoms with van der Waals surface area (Å²) in [4.78, 5) is 0. The van der Waals surface area contributed by atoms with E-state index < -0.39 is 6.43 Å². The molecule has 0 aromatic rings. The Kier molecular flexibility index (Phi) is 5.86. The molecule has 1 unspecified atom stereocenters. The first-order valence-corrected chi connectivity index (χ1v) is 8.56. The van der Waals surface area contributed by atoms with Crippen LogP contribution in [0.5, 0.6) is 0 Å². The molecular weight excluding hydrogens is 310 g/mol. The van der Waals surface area contributed by atoms with Gasteiger partial charge in [0.2, 0.25) is 0 Å². The molecule has 0 aliphatic heterocycles. The van der Waals surface area contributed by atoms with Crippen molar-refractivity contribution in [2.24, 2.45) is 17.8 Å². The van der Waals surface area contributed by atoms with Crippen molar-refractivity contribution in [3.63, 3.8) is 0 Å². The lowest BCUT2D eigenvalue weighted by atomic mass is 9.70. The summed E-state index contributed by atoms with van der Waals surface area (Å²) in [6.45, 7) is 2.25. The van der Waals surface area contributed by atoms with Gasteiger partial charge in [-0.25, -0.2) is 8.78 Å². The van der Waals surface area contributed by atoms with Gasteiger partial charge < -0.3 is 0 Å². The first kappa shape index (κ1) is 15.5. The molecule has 2 rings (SSSR count). The van der Waals surface area contributed by atoms with Gasteiger partial charge >= 0.3 is 0 Å². The fourth-order valence-corrected chi connectivity index (χ4v) is 4.50. The molecule has 2 aliphatic carbocycles. The summed E-state index contributed by atoms with van der Waals surface area (Å²) in [5, 5.41) is 0. The Morgan fingerprint density at radius 1 is 1.11 bits per heavy atom. The average Bonchev–Trinajstić information content (AvgIpc) is 2.40. The topological polar surface area (TPSA) is 0 Å². The number of alkyl halides is 2. The van der Waals surface area contributed by atoms with E-state index in [0.29, 0.717) is 23.8 Å². The molecule has 0 nitrogen and oxygen atoms in total. The Hall–Kier alpha value is 0.0800. The van der Waals surface area contributed by atoms with Crippen LogP contribution in [-0.4, -0.2) is 6.43 Å². The number of allylic oxidation sites excluding steroid dienone is 2. The Bertz CT molecular complexity index is 317. The molecule has 0 saturated heterocycles. The molecule has 0 heterocycles. The second kappa shape index (κ2) is 7.19. The molecule has 0 radical (unpaired) electrons. The highest BCUT2D eigenvalue weighted by molar-refractivity contribution is 9.11. The Labute approximate surface area is 124 Å². The molecule has 0 bridgehead atoms. The molecule has 0 N–H and O–H groups in total. The molecule has 0 aromatic carbocycles. The first-order valence-electron chi connectivity index (χ1n) is 7.77. The van der Waals surface area contributed by atoms with E-state index in [1.807, 2.05) is 0 Å². The quantitative estimate of drug-likeness (QED) is 0.565. The minimum absolute atomic E-state index is 0.381. The number of hydrogen-bond donors (Lipinski definition) is 0. The van der Waals surface area contributed by atoms with Crippen molar-refractivity contribution >= 4 is 15.9 Å². The van der Waals surface area contributed by atoms with Crippen molar-refractivity contribution in [1.29, 1.82) is 0 Å². The van der Waals surface area contributed by atoms with Gasteiger partial charge in [-0.2, -0.15) is 0 Å². The molecule has 0 aromatic heterocycles. The van der Waals surface area contributed by atoms with Crippen LogP contribution in [0.15, 0.2) is 10.1 Å². The van der Waals surface area contributed by atoms with E-state index in [1.54, 1.807) is 0 Å². The number of halogens is 3. The van der Waals surface area contributed by atoms with E-state index >= 15 is 0 Å². The molecule has 110 valence electrons. The van der Waals surface area contributed by atoms with Crippen molar-refractivity contribution in [3.8, 4) is 0 Å². The summed E-state index contributed by atoms with van der Waals surface area (Å²) in [6.07, 6.45) is 8.09. The molecular formula is C16H25BrF2. The van der Waals surface area contributed by atoms with Gasteiger partial charge in [0.05, 0.1) is 0 Å². The summed E-state index contributed by atoms with van der Waals surface area (Å²) in [7, 11) is 0. The summed E-state index contributed by atoms with van der Waals surface area (Å²) in [5.41, 5.74) is 0.381. The van der Waals surface area contributed by atoms with Gasteiger partial charge in [-0.3, -0.25) is 0 Å². The van der Waals surface area contributed by atoms with Gasteiger partial charge in [0.25, 0.3) is 6.43 Å². The van der Waals surface area contributed by atoms with Crippen molar-refractivity contribution in [2.45, 2.75) is 71.1 Å². The van der Waals surface area contributed by atoms with Crippen molar-refractivity contribution < 1.29 is 8.78 Å². The van der Waals surface area contributed by atoms with Crippen LogP contribution in [0.1, 0.15) is 64.7 Å². The van der Waals surface area contributed by atoms with Crippen LogP contribution >= 0.6 is 15.9 Å². The summed E-state index contributed by atoms with van der Waals surface area (Å²) < 4.78 is 26.7. The molecule has 1 atom stereocenters. The predicted molar refractivity (Wildman–Crippen MR) is 79.7 cm³/mol. The highest BCUT2D eigenvalue weighted by Gasteiger charge is 2.32. The van der Waals surface area contributed by atoms with Gasteiger partial charge in [0.15, 0.2) is 0 Å². The molecule has 3 heteroatoms. The average molecular weight is 335 g/mol. The molecule has 1 saturated carbocycles. The van der Waals surface area contributed by atoms with Crippen molar-refractivity contribution in [2.75, 3.05) is 0 Å². The van der Waals surface area contributed by atoms with Crippen molar-refractivity contribution in [3.05, 3.63) is 10.1 Å². The van der Waals surface area contributed by atoms with Gasteiger partial charge in [0.1, 0.15) is 0 Å². The van der Waals surface area contributed by atoms with E-state index in [9.17, 15) is 8.78 Å². The maximum absolute atomic E-state index is 13.0. The van der Waals surface area contributed by atoms with Crippen LogP contribution in [0.4, 0.5) is 8.78 Å². The SMILES string of the molecule is CCCC1CCC(C2CCC(Br)=C(C(F)F)C2)CC1. The summed E-state index contributed by atoms with van der Waals surface area (Å²) in [5.74, 6) is 2.11. The minimum atomic E-state index is -2.27. The normalized spacial score (nSPS) is 33.0. The van der Waals surface area contributed by atoms with Crippen LogP contribution in [-0.2, 0) is 0 Å². The third-order valence-corrected chi connectivity index (χ3v) is 5.99. The number of rotatable bonds is 4. The second-order valence-electron chi connectivity index (χ2n) is 6.30. The van der Waals surface area contributed by atoms with E-state index in [4.69, 9.17) is 0 Å². The highest BCUT2D eigenvalue weighted by Crippen LogP contribution is 2.44. The largest absolute Gasteiger partial charge is 0.260 e. The maximum Gasteiger partial charge on any atom is 0.260 e. The van der Waals surface area contributed by atoms with E-state index in [2.05, 4.69) is 22.9 Å². The summed E-state index contributed by atoms with van der Waals surface area (Å²) in [6, 6.07) is 0. The highest BCUT2D eigenvalue weighted by atomic mass is 79.9. The van der Waals surface area contributed by atoms with Crippen molar-refractivity contribution in [1.82, 2.24) is 0 Å². The fourth-order valence-electron chi connectivity index (χ4n) is 3.93. The zero-order valence-corrected chi connectivity index (χ0v) is 13.4. The Balaban J connectivity index is 1.88. The number of hydrogen-bond acceptors (Lipinski definition) is 0. The van der Waals surface area contributed by atoms with Gasteiger partial charge in [-0.05, 0) is 54.3 Å². The fraction of sp³-hybridized carbons (Fsp3) is 0.875. The molecule has 19 heavy (non-hydrogen) atoms. The minimum Gasteiger partial charge on any atom is -0.205 e. The van der Waals surface area contributed by atoms with E-state index in [1.165, 1.54) is 38.5 Å². The zero-order chi connectivity index (χ0) is 13.8. The second-order valence-corrected chi connectivity index (χ2v) is 7.26. The smallest absolute Gasteiger partial charge is 0.205 e. The third-order valence-electron chi connectivity index (χ3n) is 5.08. The monoisotopic (exact) mass is 334 g/mol. The third kappa shape index (κ3) is 4.03. The van der Waals surface area contributed by atoms with Crippen LogP contribution in [0.25, 0.3) is 0 Å². The standard InChI is InChI=1S/C16H25BrF2/c1-2-3-11-4-6-12(7-5-11)13-8-9-15(17)14(10-13)16(18)19/h11-13,16H,2-10H2,1H3. The van der Waals surface area contributed by atoms with Crippen LogP contribution < -0.4 is 0 Å². The van der Waals surface area contributed by atoms with Crippen LogP contribution in [0.3, 0.4) is 0 Å². The molecule has 0 amide bonds. The van der Waals surface area contributed by atoms with E-state index in [-0.39, 0.29) is 0 Å². The molecule has 2 aliphatic rings. The van der Waals surface area contributed by atoms with Gasteiger partial charge in [0, 0.05) is 5.57 Å². The predicted octanol–water partition coefficient (Wildman–Crippen LogP) is 6.31. The lowest BCUT2D eigenvalue weighted by molar-refractivity contribution is 0.148. The van der Waals surface area contributed by atoms with E-state index in [0.717, 1.165) is 23.2 Å². The van der Waals surface area contributed by atoms with Crippen LogP contribution in [0.2, 0.25) is 0 Å².